The highest BCUT2D eigenvalue weighted by atomic mass is 35.5. The molecule has 2 heterocycles. The summed E-state index contributed by atoms with van der Waals surface area (Å²) in [5, 5.41) is 0. The van der Waals surface area contributed by atoms with E-state index in [0.29, 0.717) is 16.0 Å². The van der Waals surface area contributed by atoms with Gasteiger partial charge in [0, 0.05) is 14.1 Å². The molecule has 9 heteroatoms. The van der Waals surface area contributed by atoms with Gasteiger partial charge < -0.3 is 4.90 Å². The van der Waals surface area contributed by atoms with Crippen LogP contribution >= 0.6 is 22.9 Å². The standard InChI is InChI=1S/C10H11ClN4O2S2/c1-15(2)10-12-5-7(6-13-10)14-19(16,17)9-4-3-8(11)18-9/h3-6,14H,1-2H3. The van der Waals surface area contributed by atoms with Gasteiger partial charge in [0.05, 0.1) is 22.4 Å². The summed E-state index contributed by atoms with van der Waals surface area (Å²) in [4.78, 5) is 9.77. The van der Waals surface area contributed by atoms with E-state index in [1.54, 1.807) is 19.0 Å². The third kappa shape index (κ3) is 3.34. The molecule has 0 unspecified atom stereocenters. The van der Waals surface area contributed by atoms with Crippen LogP contribution in [0.25, 0.3) is 0 Å². The number of sulfonamides is 1. The topological polar surface area (TPSA) is 75.2 Å². The van der Waals surface area contributed by atoms with Crippen molar-refractivity contribution < 1.29 is 8.42 Å². The normalized spacial score (nSPS) is 11.3. The number of anilines is 2. The zero-order chi connectivity index (χ0) is 14.0. The first-order valence-corrected chi connectivity index (χ1v) is 7.84. The third-order valence-corrected chi connectivity index (χ3v) is 5.21. The Morgan fingerprint density at radius 3 is 2.37 bits per heavy atom. The van der Waals surface area contributed by atoms with Gasteiger partial charge in [-0.25, -0.2) is 18.4 Å². The highest BCUT2D eigenvalue weighted by molar-refractivity contribution is 7.94. The van der Waals surface area contributed by atoms with Crippen molar-refractivity contribution in [3.63, 3.8) is 0 Å². The molecule has 0 aromatic carbocycles. The summed E-state index contributed by atoms with van der Waals surface area (Å²) < 4.78 is 27.0. The maximum atomic E-state index is 12.0. The Bertz CT molecular complexity index is 667. The summed E-state index contributed by atoms with van der Waals surface area (Å²) >= 11 is 6.71. The smallest absolute Gasteiger partial charge is 0.271 e. The minimum Gasteiger partial charge on any atom is -0.347 e. The molecule has 0 aliphatic rings. The molecule has 1 N–H and O–H groups in total. The molecule has 0 saturated heterocycles. The van der Waals surface area contributed by atoms with Crippen LogP contribution in [0, 0.1) is 0 Å². The fourth-order valence-corrected chi connectivity index (χ4v) is 3.76. The fraction of sp³-hybridized carbons (Fsp3) is 0.200. The van der Waals surface area contributed by atoms with E-state index in [1.165, 1.54) is 24.5 Å². The second kappa shape index (κ2) is 5.32. The predicted molar refractivity (Wildman–Crippen MR) is 76.5 cm³/mol. The van der Waals surface area contributed by atoms with Crippen molar-refractivity contribution in [2.24, 2.45) is 0 Å². The van der Waals surface area contributed by atoms with Gasteiger partial charge in [0.2, 0.25) is 5.95 Å². The number of nitrogens with one attached hydrogen (secondary N) is 1. The predicted octanol–water partition coefficient (Wildman–Crippen LogP) is 2.06. The molecule has 0 atom stereocenters. The molecular weight excluding hydrogens is 308 g/mol. The first-order valence-electron chi connectivity index (χ1n) is 5.16. The Morgan fingerprint density at radius 2 is 1.89 bits per heavy atom. The van der Waals surface area contributed by atoms with Crippen LogP contribution in [-0.2, 0) is 10.0 Å². The molecule has 0 fully saturated rings. The average Bonchev–Trinajstić information content (AvgIpc) is 2.77. The minimum atomic E-state index is -3.64. The number of nitrogens with zero attached hydrogens (tertiary/aromatic N) is 3. The van der Waals surface area contributed by atoms with Gasteiger partial charge in [0.1, 0.15) is 4.21 Å². The molecule has 19 heavy (non-hydrogen) atoms. The number of hydrogen-bond acceptors (Lipinski definition) is 6. The molecule has 102 valence electrons. The van der Waals surface area contributed by atoms with Gasteiger partial charge in [-0.3, -0.25) is 4.72 Å². The zero-order valence-electron chi connectivity index (χ0n) is 10.2. The summed E-state index contributed by atoms with van der Waals surface area (Å²) in [6.45, 7) is 0. The summed E-state index contributed by atoms with van der Waals surface area (Å²) in [5.74, 6) is 0.502. The van der Waals surface area contributed by atoms with Crippen LogP contribution in [-0.4, -0.2) is 32.5 Å². The molecule has 2 rings (SSSR count). The van der Waals surface area contributed by atoms with Crippen molar-refractivity contribution in [3.8, 4) is 0 Å². The molecule has 0 radical (unpaired) electrons. The molecule has 2 aromatic heterocycles. The Labute approximate surface area is 120 Å². The maximum Gasteiger partial charge on any atom is 0.271 e. The van der Waals surface area contributed by atoms with E-state index in [9.17, 15) is 8.42 Å². The maximum absolute atomic E-state index is 12.0. The van der Waals surface area contributed by atoms with Gasteiger partial charge in [0.15, 0.2) is 0 Å². The molecule has 0 spiro atoms. The van der Waals surface area contributed by atoms with Crippen LogP contribution in [0.3, 0.4) is 0 Å². The average molecular weight is 319 g/mol. The molecule has 0 aliphatic heterocycles. The lowest BCUT2D eigenvalue weighted by atomic mass is 10.6. The molecule has 6 nitrogen and oxygen atoms in total. The summed E-state index contributed by atoms with van der Waals surface area (Å²) in [6, 6.07) is 2.98. The van der Waals surface area contributed by atoms with Crippen LogP contribution in [0.4, 0.5) is 11.6 Å². The first kappa shape index (κ1) is 14.0. The van der Waals surface area contributed by atoms with Crippen LogP contribution in [0.5, 0.6) is 0 Å². The Balaban J connectivity index is 2.21. The molecule has 0 amide bonds. The van der Waals surface area contributed by atoms with Gasteiger partial charge in [-0.15, -0.1) is 11.3 Å². The van der Waals surface area contributed by atoms with E-state index < -0.39 is 10.0 Å². The van der Waals surface area contributed by atoms with Gasteiger partial charge >= 0.3 is 0 Å². The summed E-state index contributed by atoms with van der Waals surface area (Å²) in [6.07, 6.45) is 2.82. The largest absolute Gasteiger partial charge is 0.347 e. The van der Waals surface area contributed by atoms with E-state index in [0.717, 1.165) is 11.3 Å². The van der Waals surface area contributed by atoms with E-state index >= 15 is 0 Å². The lowest BCUT2D eigenvalue weighted by Gasteiger charge is -2.10. The van der Waals surface area contributed by atoms with Gasteiger partial charge in [-0.1, -0.05) is 11.6 Å². The Hall–Kier alpha value is -1.38. The Kier molecular flexibility index (Phi) is 3.93. The van der Waals surface area contributed by atoms with Gasteiger partial charge in [-0.2, -0.15) is 0 Å². The molecule has 0 aliphatic carbocycles. The molecule has 0 saturated carbocycles. The Morgan fingerprint density at radius 1 is 1.26 bits per heavy atom. The van der Waals surface area contributed by atoms with Crippen LogP contribution in [0.2, 0.25) is 4.34 Å². The molecule has 0 bridgehead atoms. The third-order valence-electron chi connectivity index (χ3n) is 2.10. The van der Waals surface area contributed by atoms with Gasteiger partial charge in [-0.05, 0) is 12.1 Å². The van der Waals surface area contributed by atoms with E-state index in [4.69, 9.17) is 11.6 Å². The van der Waals surface area contributed by atoms with Crippen molar-refractivity contribution >= 4 is 44.6 Å². The SMILES string of the molecule is CN(C)c1ncc(NS(=O)(=O)c2ccc(Cl)s2)cn1. The van der Waals surface area contributed by atoms with Crippen LogP contribution in [0.15, 0.2) is 28.7 Å². The lowest BCUT2D eigenvalue weighted by Crippen LogP contribution is -2.15. The number of thiophene rings is 1. The highest BCUT2D eigenvalue weighted by Gasteiger charge is 2.17. The van der Waals surface area contributed by atoms with E-state index in [-0.39, 0.29) is 4.21 Å². The van der Waals surface area contributed by atoms with Crippen LogP contribution in [0.1, 0.15) is 0 Å². The fourth-order valence-electron chi connectivity index (χ4n) is 1.25. The second-order valence-corrected chi connectivity index (χ2v) is 7.45. The summed E-state index contributed by atoms with van der Waals surface area (Å²) in [5.41, 5.74) is 0.301. The van der Waals surface area contributed by atoms with Crippen molar-refractivity contribution in [2.45, 2.75) is 4.21 Å². The van der Waals surface area contributed by atoms with Crippen molar-refractivity contribution in [3.05, 3.63) is 28.9 Å². The number of aromatic nitrogens is 2. The van der Waals surface area contributed by atoms with Crippen molar-refractivity contribution in [1.82, 2.24) is 9.97 Å². The van der Waals surface area contributed by atoms with Crippen molar-refractivity contribution in [2.75, 3.05) is 23.7 Å². The number of hydrogen-bond donors (Lipinski definition) is 1. The van der Waals surface area contributed by atoms with Crippen molar-refractivity contribution in [1.29, 1.82) is 0 Å². The number of rotatable bonds is 4. The second-order valence-electron chi connectivity index (χ2n) is 3.83. The zero-order valence-corrected chi connectivity index (χ0v) is 12.6. The summed E-state index contributed by atoms with van der Waals surface area (Å²) in [7, 11) is -0.0383. The first-order chi connectivity index (χ1) is 8.88. The molecule has 2 aromatic rings. The van der Waals surface area contributed by atoms with E-state index in [2.05, 4.69) is 14.7 Å². The quantitative estimate of drug-likeness (QED) is 0.934. The minimum absolute atomic E-state index is 0.147. The van der Waals surface area contributed by atoms with E-state index in [1.807, 2.05) is 0 Å². The number of halogens is 1. The van der Waals surface area contributed by atoms with Crippen LogP contribution < -0.4 is 9.62 Å². The molecular formula is C10H11ClN4O2S2. The lowest BCUT2D eigenvalue weighted by molar-refractivity contribution is 0.603. The highest BCUT2D eigenvalue weighted by Crippen LogP contribution is 2.27. The van der Waals surface area contributed by atoms with Gasteiger partial charge in [0.25, 0.3) is 10.0 Å². The monoisotopic (exact) mass is 318 g/mol.